The quantitative estimate of drug-likeness (QED) is 0.818. The van der Waals surface area contributed by atoms with E-state index in [1.54, 1.807) is 0 Å². The SMILES string of the molecule is COc1c(F)ccc(C(=O)N2CCCN(c3nccnc3C#N)CC2)c1F. The normalized spacial score (nSPS) is 14.4. The molecule has 1 aromatic heterocycles. The summed E-state index contributed by atoms with van der Waals surface area (Å²) in [5.41, 5.74) is -0.0227. The van der Waals surface area contributed by atoms with Crippen molar-refractivity contribution >= 4 is 11.7 Å². The van der Waals surface area contributed by atoms with Gasteiger partial charge in [-0.25, -0.2) is 18.7 Å². The van der Waals surface area contributed by atoms with Gasteiger partial charge in [-0.3, -0.25) is 4.79 Å². The lowest BCUT2D eigenvalue weighted by atomic mass is 10.1. The van der Waals surface area contributed by atoms with Crippen LogP contribution in [0.4, 0.5) is 14.6 Å². The monoisotopic (exact) mass is 373 g/mol. The average molecular weight is 373 g/mol. The second-order valence-corrected chi connectivity index (χ2v) is 5.92. The number of amides is 1. The van der Waals surface area contributed by atoms with Gasteiger partial charge in [0.2, 0.25) is 0 Å². The molecule has 1 aliphatic heterocycles. The summed E-state index contributed by atoms with van der Waals surface area (Å²) >= 11 is 0. The number of ether oxygens (including phenoxy) is 1. The minimum Gasteiger partial charge on any atom is -0.491 e. The molecule has 0 bridgehead atoms. The van der Waals surface area contributed by atoms with Gasteiger partial charge in [0, 0.05) is 38.6 Å². The van der Waals surface area contributed by atoms with Crippen molar-refractivity contribution in [1.82, 2.24) is 14.9 Å². The zero-order valence-electron chi connectivity index (χ0n) is 14.7. The summed E-state index contributed by atoms with van der Waals surface area (Å²) < 4.78 is 32.7. The van der Waals surface area contributed by atoms with Crippen molar-refractivity contribution in [3.8, 4) is 11.8 Å². The maximum absolute atomic E-state index is 14.4. The first kappa shape index (κ1) is 18.5. The molecule has 1 aliphatic rings. The van der Waals surface area contributed by atoms with Gasteiger partial charge in [0.25, 0.3) is 5.91 Å². The van der Waals surface area contributed by atoms with Crippen LogP contribution < -0.4 is 9.64 Å². The molecule has 27 heavy (non-hydrogen) atoms. The second kappa shape index (κ2) is 7.95. The van der Waals surface area contributed by atoms with Crippen molar-refractivity contribution in [3.63, 3.8) is 0 Å². The van der Waals surface area contributed by atoms with E-state index in [4.69, 9.17) is 4.74 Å². The van der Waals surface area contributed by atoms with E-state index in [9.17, 15) is 18.8 Å². The fourth-order valence-corrected chi connectivity index (χ4v) is 3.03. The van der Waals surface area contributed by atoms with Gasteiger partial charge in [-0.1, -0.05) is 0 Å². The van der Waals surface area contributed by atoms with Gasteiger partial charge in [-0.05, 0) is 18.6 Å². The second-order valence-electron chi connectivity index (χ2n) is 5.92. The lowest BCUT2D eigenvalue weighted by Gasteiger charge is -2.23. The molecule has 2 aromatic rings. The van der Waals surface area contributed by atoms with Crippen molar-refractivity contribution in [2.24, 2.45) is 0 Å². The van der Waals surface area contributed by atoms with E-state index in [-0.39, 0.29) is 11.3 Å². The summed E-state index contributed by atoms with van der Waals surface area (Å²) in [6.07, 6.45) is 3.55. The van der Waals surface area contributed by atoms with Gasteiger partial charge in [-0.2, -0.15) is 5.26 Å². The molecular formula is C18H17F2N5O2. The first-order valence-corrected chi connectivity index (χ1v) is 8.34. The van der Waals surface area contributed by atoms with E-state index in [0.717, 1.165) is 19.2 Å². The maximum atomic E-state index is 14.4. The van der Waals surface area contributed by atoms with Crippen LogP contribution in [0.2, 0.25) is 0 Å². The van der Waals surface area contributed by atoms with E-state index < -0.39 is 23.3 Å². The molecule has 0 radical (unpaired) electrons. The largest absolute Gasteiger partial charge is 0.491 e. The third-order valence-corrected chi connectivity index (χ3v) is 4.35. The van der Waals surface area contributed by atoms with Crippen molar-refractivity contribution in [1.29, 1.82) is 5.26 Å². The van der Waals surface area contributed by atoms with Crippen molar-refractivity contribution < 1.29 is 18.3 Å². The predicted molar refractivity (Wildman–Crippen MR) is 92.4 cm³/mol. The van der Waals surface area contributed by atoms with E-state index in [1.165, 1.54) is 17.3 Å². The Balaban J connectivity index is 1.79. The van der Waals surface area contributed by atoms with E-state index >= 15 is 0 Å². The number of halogens is 2. The Morgan fingerprint density at radius 3 is 2.70 bits per heavy atom. The Bertz CT molecular complexity index is 900. The van der Waals surface area contributed by atoms with Crippen LogP contribution in [0.3, 0.4) is 0 Å². The van der Waals surface area contributed by atoms with E-state index in [0.29, 0.717) is 38.4 Å². The summed E-state index contributed by atoms with van der Waals surface area (Å²) in [6.45, 7) is 1.70. The summed E-state index contributed by atoms with van der Waals surface area (Å²) in [5, 5.41) is 9.18. The van der Waals surface area contributed by atoms with Gasteiger partial charge in [-0.15, -0.1) is 0 Å². The van der Waals surface area contributed by atoms with Gasteiger partial charge in [0.1, 0.15) is 6.07 Å². The van der Waals surface area contributed by atoms with Crippen LogP contribution in [0, 0.1) is 23.0 Å². The smallest absolute Gasteiger partial charge is 0.257 e. The highest BCUT2D eigenvalue weighted by atomic mass is 19.1. The molecule has 140 valence electrons. The van der Waals surface area contributed by atoms with Crippen LogP contribution >= 0.6 is 0 Å². The number of benzene rings is 1. The molecule has 1 amide bonds. The Labute approximate surface area is 154 Å². The topological polar surface area (TPSA) is 82.3 Å². The minimum atomic E-state index is -1.01. The number of carbonyl (C=O) groups excluding carboxylic acids is 1. The molecule has 9 heteroatoms. The van der Waals surface area contributed by atoms with Crippen molar-refractivity contribution in [2.45, 2.75) is 6.42 Å². The highest BCUT2D eigenvalue weighted by Crippen LogP contribution is 2.26. The zero-order chi connectivity index (χ0) is 19.4. The third-order valence-electron chi connectivity index (χ3n) is 4.35. The Hall–Kier alpha value is -3.28. The zero-order valence-corrected chi connectivity index (χ0v) is 14.7. The van der Waals surface area contributed by atoms with Crippen molar-refractivity contribution in [2.75, 3.05) is 38.2 Å². The fourth-order valence-electron chi connectivity index (χ4n) is 3.03. The number of aromatic nitrogens is 2. The molecule has 0 N–H and O–H groups in total. The van der Waals surface area contributed by atoms with Crippen molar-refractivity contribution in [3.05, 3.63) is 47.4 Å². The van der Waals surface area contributed by atoms with E-state index in [2.05, 4.69) is 9.97 Å². The number of hydrogen-bond acceptors (Lipinski definition) is 6. The number of anilines is 1. The molecule has 2 heterocycles. The average Bonchev–Trinajstić information content (AvgIpc) is 2.94. The summed E-state index contributed by atoms with van der Waals surface area (Å²) in [5.74, 6) is -2.52. The number of carbonyl (C=O) groups is 1. The third kappa shape index (κ3) is 3.65. The Morgan fingerprint density at radius 1 is 1.19 bits per heavy atom. The number of rotatable bonds is 3. The maximum Gasteiger partial charge on any atom is 0.257 e. The standard InChI is InChI=1S/C18H17F2N5O2/c1-27-16-13(19)4-3-12(15(16)20)18(26)25-8-2-7-24(9-10-25)17-14(11-21)22-5-6-23-17/h3-6H,2,7-10H2,1H3. The van der Waals surface area contributed by atoms with Crippen LogP contribution in [0.25, 0.3) is 0 Å². The molecule has 0 unspecified atom stereocenters. The van der Waals surface area contributed by atoms with Crippen LogP contribution in [0.1, 0.15) is 22.5 Å². The highest BCUT2D eigenvalue weighted by Gasteiger charge is 2.26. The first-order valence-electron chi connectivity index (χ1n) is 8.34. The first-order chi connectivity index (χ1) is 13.1. The van der Waals surface area contributed by atoms with Gasteiger partial charge >= 0.3 is 0 Å². The number of hydrogen-bond donors (Lipinski definition) is 0. The molecule has 0 spiro atoms. The Kier molecular flexibility index (Phi) is 5.45. The predicted octanol–water partition coefficient (Wildman–Crippen LogP) is 1.99. The molecule has 7 nitrogen and oxygen atoms in total. The molecular weight excluding hydrogens is 356 g/mol. The van der Waals surface area contributed by atoms with Gasteiger partial charge in [0.05, 0.1) is 12.7 Å². The molecule has 1 aromatic carbocycles. The fraction of sp³-hybridized carbons (Fsp3) is 0.333. The molecule has 1 saturated heterocycles. The lowest BCUT2D eigenvalue weighted by molar-refractivity contribution is 0.0761. The number of methoxy groups -OCH3 is 1. The van der Waals surface area contributed by atoms with Crippen LogP contribution in [0.15, 0.2) is 24.5 Å². The van der Waals surface area contributed by atoms with E-state index in [1.807, 2.05) is 11.0 Å². The summed E-state index contributed by atoms with van der Waals surface area (Å²) in [6, 6.07) is 4.14. The molecule has 3 rings (SSSR count). The van der Waals surface area contributed by atoms with Crippen LogP contribution in [-0.2, 0) is 0 Å². The molecule has 0 atom stereocenters. The summed E-state index contributed by atoms with van der Waals surface area (Å²) in [7, 11) is 1.15. The van der Waals surface area contributed by atoms with Crippen LogP contribution in [-0.4, -0.2) is 54.1 Å². The molecule has 1 fully saturated rings. The highest BCUT2D eigenvalue weighted by molar-refractivity contribution is 5.95. The number of nitrogens with zero attached hydrogens (tertiary/aromatic N) is 5. The molecule has 0 saturated carbocycles. The van der Waals surface area contributed by atoms with Crippen LogP contribution in [0.5, 0.6) is 5.75 Å². The molecule has 0 aliphatic carbocycles. The lowest BCUT2D eigenvalue weighted by Crippen LogP contribution is -2.36. The van der Waals surface area contributed by atoms with Gasteiger partial charge < -0.3 is 14.5 Å². The van der Waals surface area contributed by atoms with Gasteiger partial charge in [0.15, 0.2) is 28.9 Å². The summed E-state index contributed by atoms with van der Waals surface area (Å²) in [4.78, 5) is 24.3. The minimum absolute atomic E-state index is 0.214. The number of nitriles is 1. The Morgan fingerprint density at radius 2 is 1.96 bits per heavy atom.